The largest absolute Gasteiger partial charge is 0.0636 e. The Bertz CT molecular complexity index is 5030. The third-order valence-corrected chi connectivity index (χ3v) is 9.42. The van der Waals surface area contributed by atoms with E-state index in [4.69, 9.17) is 19.2 Å². The lowest BCUT2D eigenvalue weighted by Gasteiger charge is -2.18. The highest BCUT2D eigenvalue weighted by atomic mass is 14.2. The van der Waals surface area contributed by atoms with Crippen molar-refractivity contribution in [3.8, 4) is 33.4 Å². The third-order valence-electron chi connectivity index (χ3n) is 9.42. The van der Waals surface area contributed by atoms with E-state index in [1.807, 2.05) is 0 Å². The first-order valence-corrected chi connectivity index (χ1v) is 15.8. The molecule has 0 aliphatic heterocycles. The van der Waals surface area contributed by atoms with E-state index in [-0.39, 0.29) is 21.5 Å². The van der Waals surface area contributed by atoms with Crippen LogP contribution in [0.5, 0.6) is 0 Å². The second kappa shape index (κ2) is 10.4. The van der Waals surface area contributed by atoms with Crippen LogP contribution in [-0.4, -0.2) is 0 Å². The van der Waals surface area contributed by atoms with Gasteiger partial charge in [0.05, 0.1) is 39.8 Å². The molecule has 12 rings (SSSR count). The van der Waals surface area contributed by atoms with E-state index in [0.717, 1.165) is 6.07 Å². The van der Waals surface area contributed by atoms with Crippen molar-refractivity contribution in [1.29, 1.82) is 0 Å². The summed E-state index contributed by atoms with van der Waals surface area (Å²) in [6, 6.07) is -23.3. The first-order valence-electron chi connectivity index (χ1n) is 30.3. The summed E-state index contributed by atoms with van der Waals surface area (Å²) in [6.07, 6.45) is 0. The van der Waals surface area contributed by atoms with Crippen molar-refractivity contribution >= 4 is 86.2 Å². The molecule has 0 heterocycles. The van der Waals surface area contributed by atoms with Crippen molar-refractivity contribution in [3.63, 3.8) is 0 Å². The first kappa shape index (κ1) is 12.2. The predicted octanol–water partition coefficient (Wildman–Crippen LogP) is 14.8. The van der Waals surface area contributed by atoms with Gasteiger partial charge in [0.15, 0.2) is 0 Å². The molecule has 0 atom stereocenters. The van der Waals surface area contributed by atoms with Gasteiger partial charge in [0, 0.05) is 0 Å². The highest BCUT2D eigenvalue weighted by Gasteiger charge is 2.18. The summed E-state index contributed by atoms with van der Waals surface area (Å²) in [5.41, 5.74) is -3.84. The number of rotatable bonds is 3. The Labute approximate surface area is 341 Å². The van der Waals surface area contributed by atoms with Crippen LogP contribution in [0.2, 0.25) is 0 Å². The van der Waals surface area contributed by atoms with Gasteiger partial charge in [0.25, 0.3) is 0 Å². The number of hydrogen-bond acceptors (Lipinski definition) is 0. The lowest BCUT2D eigenvalue weighted by atomic mass is 9.85. The van der Waals surface area contributed by atoms with E-state index in [2.05, 4.69) is 0 Å². The predicted molar refractivity (Wildman–Crippen MR) is 225 cm³/mol. The van der Waals surface area contributed by atoms with Crippen LogP contribution < -0.4 is 0 Å². The van der Waals surface area contributed by atoms with Gasteiger partial charge in [-0.25, -0.2) is 0 Å². The van der Waals surface area contributed by atoms with Crippen LogP contribution in [0.1, 0.15) is 39.8 Å². The van der Waals surface area contributed by atoms with Crippen LogP contribution in [0.15, 0.2) is 181 Å². The molecule has 0 amide bonds. The molecule has 0 aliphatic rings. The maximum atomic E-state index is 10.0. The van der Waals surface area contributed by atoms with Crippen LogP contribution in [0, 0.1) is 0 Å². The SMILES string of the molecule is [2H]c1c([2H])c([2H])c2c([2H])c(-c3c([2H])c([2H])c4c([2H])c([2H])c5c([2H])c([2H])c([2H])c6c([2H])c([2H])c3c4c56)cc(-c3c([2H])c([2H])c(-c4c([2H])c([2H])c5c([2H])c([2H])c6c([2H])c([2H])c([2H])c7c([2H])c([2H])c4c5c67)c4c([2H])c([2H])c([2H])c([2H])c34)c2c1[2H]. The first-order chi connectivity index (χ1) is 37.9. The summed E-state index contributed by atoms with van der Waals surface area (Å²) < 4.78 is 267. The Morgan fingerprint density at radius 2 is 0.635 bits per heavy atom. The normalized spacial score (nSPS) is 20.0. The summed E-state index contributed by atoms with van der Waals surface area (Å²) in [7, 11) is 0. The molecule has 0 spiro atoms. The highest BCUT2D eigenvalue weighted by molar-refractivity contribution is 6.27. The number of benzene rings is 12. The van der Waals surface area contributed by atoms with Gasteiger partial charge < -0.3 is 0 Å². The smallest absolute Gasteiger partial charge is 0.0616 e. The fourth-order valence-corrected chi connectivity index (χ4v) is 7.17. The average Bonchev–Trinajstić information content (AvgIpc) is 3.63. The van der Waals surface area contributed by atoms with Crippen molar-refractivity contribution in [3.05, 3.63) is 181 Å². The molecule has 0 aliphatic carbocycles. The Kier molecular flexibility index (Phi) is 2.43. The maximum Gasteiger partial charge on any atom is 0.0636 e. The van der Waals surface area contributed by atoms with E-state index < -0.39 is 273 Å². The zero-order chi connectivity index (χ0) is 59.2. The second-order valence-electron chi connectivity index (χ2n) is 12.1. The Morgan fingerprint density at radius 3 is 1.23 bits per heavy atom. The number of fused-ring (bicyclic) bond motifs is 2. The maximum absolute atomic E-state index is 10.0. The van der Waals surface area contributed by atoms with Gasteiger partial charge in [0.2, 0.25) is 0 Å². The quantitative estimate of drug-likeness (QED) is 0.163. The summed E-state index contributed by atoms with van der Waals surface area (Å²) >= 11 is 0. The lowest BCUT2D eigenvalue weighted by Crippen LogP contribution is -1.91. The van der Waals surface area contributed by atoms with E-state index in [0.29, 0.717) is 0 Å². The summed E-state index contributed by atoms with van der Waals surface area (Å²) in [5, 5.41) is -7.46. The van der Waals surface area contributed by atoms with E-state index in [1.54, 1.807) is 0 Å². The lowest BCUT2D eigenvalue weighted by molar-refractivity contribution is 1.65. The fraction of sp³-hybridized carbons (Fsp3) is 0. The summed E-state index contributed by atoms with van der Waals surface area (Å²) in [5.74, 6) is 0. The molecule has 0 heteroatoms. The van der Waals surface area contributed by atoms with Crippen molar-refractivity contribution in [2.45, 2.75) is 0 Å². The van der Waals surface area contributed by atoms with Crippen molar-refractivity contribution < 1.29 is 39.8 Å². The highest BCUT2D eigenvalue weighted by Crippen LogP contribution is 2.46. The van der Waals surface area contributed by atoms with E-state index in [1.165, 1.54) is 0 Å². The van der Waals surface area contributed by atoms with Gasteiger partial charge in [-0.3, -0.25) is 0 Å². The van der Waals surface area contributed by atoms with Gasteiger partial charge in [0.1, 0.15) is 0 Å². The molecule has 0 bridgehead atoms. The van der Waals surface area contributed by atoms with Gasteiger partial charge in [-0.2, -0.15) is 0 Å². The minimum absolute atomic E-state index is 0.271. The zero-order valence-electron chi connectivity index (χ0n) is 55.1. The third kappa shape index (κ3) is 3.81. The molecule has 0 nitrogen and oxygen atoms in total. The minimum atomic E-state index is -1.03. The van der Waals surface area contributed by atoms with Crippen LogP contribution >= 0.6 is 0 Å². The van der Waals surface area contributed by atoms with Crippen molar-refractivity contribution in [2.75, 3.05) is 0 Å². The summed E-state index contributed by atoms with van der Waals surface area (Å²) in [6.45, 7) is 0. The van der Waals surface area contributed by atoms with Gasteiger partial charge in [-0.15, -0.1) is 0 Å². The van der Waals surface area contributed by atoms with E-state index in [9.17, 15) is 20.6 Å². The van der Waals surface area contributed by atoms with Crippen molar-refractivity contribution in [1.82, 2.24) is 0 Å². The monoisotopic (exact) mass is 683 g/mol. The molecule has 0 N–H and O–H groups in total. The van der Waals surface area contributed by atoms with E-state index >= 15 is 0 Å². The summed E-state index contributed by atoms with van der Waals surface area (Å²) in [4.78, 5) is 0. The topological polar surface area (TPSA) is 0 Å². The fourth-order valence-electron chi connectivity index (χ4n) is 7.17. The van der Waals surface area contributed by atoms with Gasteiger partial charge in [-0.1, -0.05) is 169 Å². The van der Waals surface area contributed by atoms with Crippen LogP contribution in [0.25, 0.3) is 120 Å². The molecule has 0 saturated heterocycles. The molecule has 0 saturated carbocycles. The van der Waals surface area contributed by atoms with Crippen molar-refractivity contribution in [2.24, 2.45) is 0 Å². The molecular weight excluding hydrogens is 625 g/mol. The second-order valence-corrected chi connectivity index (χ2v) is 12.1. The molecule has 12 aromatic carbocycles. The minimum Gasteiger partial charge on any atom is -0.0616 e. The molecule has 52 heavy (non-hydrogen) atoms. The Balaban J connectivity index is 1.33. The average molecular weight is 684 g/mol. The Hall–Kier alpha value is -6.76. The van der Waals surface area contributed by atoms with Crippen LogP contribution in [0.3, 0.4) is 0 Å². The van der Waals surface area contributed by atoms with Gasteiger partial charge in [-0.05, 0) is 132 Å². The molecular formula is C52H30. The molecule has 0 radical (unpaired) electrons. The molecule has 0 unspecified atom stereocenters. The zero-order valence-corrected chi connectivity index (χ0v) is 26.1. The van der Waals surface area contributed by atoms with Gasteiger partial charge >= 0.3 is 0 Å². The standard InChI is InChI=1S/C52H30/c1-2-12-39-37(7-1)29-38(40-23-19-35-17-15-31-8-5-10-33-21-25-46(40)51(35)49(31)33)30-48(39)45-28-27-43(41-13-3-4-14-42(41)45)44-24-20-36-18-16-32-9-6-11-34-22-26-47(44)52(36)50(32)34/h1-30H/i1D,2D,3D,4D,5D,6D,7D,8D,9D,10D,11D,12D,13D,14D,15D,16D,17D,18D,19D,20D,21D,22D,23D,24D,25D,26D,27D,28D,29D. The Morgan fingerprint density at radius 1 is 0.250 bits per heavy atom. The molecule has 238 valence electrons. The van der Waals surface area contributed by atoms with Crippen LogP contribution in [-0.2, 0) is 0 Å². The molecule has 0 aromatic heterocycles. The number of hydrogen-bond donors (Lipinski definition) is 0. The van der Waals surface area contributed by atoms with Crippen LogP contribution in [0.4, 0.5) is 0 Å². The molecule has 12 aromatic rings. The molecule has 0 fully saturated rings.